The average molecular weight is 336 g/mol. The second-order valence-corrected chi connectivity index (χ2v) is 6.64. The third-order valence-corrected chi connectivity index (χ3v) is 4.48. The number of hydrogen-bond donors (Lipinski definition) is 2. The first-order chi connectivity index (χ1) is 12.0. The monoisotopic (exact) mass is 336 g/mol. The molecule has 0 spiro atoms. The third-order valence-electron chi connectivity index (χ3n) is 4.48. The molecule has 0 bridgehead atoms. The van der Waals surface area contributed by atoms with Crippen LogP contribution in [0.3, 0.4) is 0 Å². The molecular formula is C21H24N2O2. The molecule has 0 aromatic heterocycles. The number of benzene rings is 2. The zero-order chi connectivity index (χ0) is 17.7. The largest absolute Gasteiger partial charge is 0.385 e. The molecule has 130 valence electrons. The number of rotatable bonds is 6. The van der Waals surface area contributed by atoms with Gasteiger partial charge in [0.2, 0.25) is 5.91 Å². The number of hydrogen-bond acceptors (Lipinski definition) is 3. The summed E-state index contributed by atoms with van der Waals surface area (Å²) in [6.45, 7) is 3.98. The van der Waals surface area contributed by atoms with E-state index in [1.165, 1.54) is 0 Å². The fraction of sp³-hybridized carbons (Fsp3) is 0.286. The molecular weight excluding hydrogens is 312 g/mol. The summed E-state index contributed by atoms with van der Waals surface area (Å²) in [7, 11) is 0. The van der Waals surface area contributed by atoms with E-state index in [0.717, 1.165) is 29.9 Å². The third kappa shape index (κ3) is 4.48. The van der Waals surface area contributed by atoms with Gasteiger partial charge in [-0.05, 0) is 30.2 Å². The lowest BCUT2D eigenvalue weighted by Crippen LogP contribution is -2.32. The summed E-state index contributed by atoms with van der Waals surface area (Å²) in [5.74, 6) is -0.165. The topological polar surface area (TPSA) is 52.6 Å². The van der Waals surface area contributed by atoms with Gasteiger partial charge in [-0.2, -0.15) is 0 Å². The number of nitrogens with zero attached hydrogens (tertiary/aromatic N) is 1. The molecule has 2 N–H and O–H groups in total. The standard InChI is InChI=1S/C21H24N2O2/c1-21(25,18-9-3-2-4-10-18)15-20(24)22-16-17-8-7-11-19(14-17)23-12-5-6-13-23/h2-11,14,25H,12-13,15-16H2,1H3,(H,22,24). The van der Waals surface area contributed by atoms with Crippen molar-refractivity contribution in [3.63, 3.8) is 0 Å². The van der Waals surface area contributed by atoms with Crippen LogP contribution in [0.25, 0.3) is 0 Å². The Kier molecular flexibility index (Phi) is 5.19. The van der Waals surface area contributed by atoms with Gasteiger partial charge in [0, 0.05) is 25.3 Å². The maximum absolute atomic E-state index is 12.3. The van der Waals surface area contributed by atoms with Gasteiger partial charge in [-0.1, -0.05) is 54.6 Å². The molecule has 4 heteroatoms. The Balaban J connectivity index is 1.56. The van der Waals surface area contributed by atoms with Crippen molar-refractivity contribution >= 4 is 11.6 Å². The van der Waals surface area contributed by atoms with Crippen LogP contribution in [0.4, 0.5) is 5.69 Å². The zero-order valence-corrected chi connectivity index (χ0v) is 14.5. The Morgan fingerprint density at radius 3 is 2.56 bits per heavy atom. The van der Waals surface area contributed by atoms with Crippen LogP contribution in [-0.2, 0) is 16.9 Å². The highest BCUT2D eigenvalue weighted by Gasteiger charge is 2.26. The van der Waals surface area contributed by atoms with E-state index < -0.39 is 5.60 Å². The highest BCUT2D eigenvalue weighted by molar-refractivity contribution is 5.77. The minimum Gasteiger partial charge on any atom is -0.385 e. The Morgan fingerprint density at radius 1 is 1.12 bits per heavy atom. The van der Waals surface area contributed by atoms with Crippen LogP contribution >= 0.6 is 0 Å². The molecule has 0 radical (unpaired) electrons. The van der Waals surface area contributed by atoms with Crippen molar-refractivity contribution in [2.75, 3.05) is 18.0 Å². The van der Waals surface area contributed by atoms with Gasteiger partial charge in [0.05, 0.1) is 12.0 Å². The zero-order valence-electron chi connectivity index (χ0n) is 14.5. The Morgan fingerprint density at radius 2 is 1.84 bits per heavy atom. The quantitative estimate of drug-likeness (QED) is 0.798. The molecule has 1 aliphatic rings. The second-order valence-electron chi connectivity index (χ2n) is 6.64. The van der Waals surface area contributed by atoms with Gasteiger partial charge in [-0.25, -0.2) is 0 Å². The molecule has 0 saturated carbocycles. The van der Waals surface area contributed by atoms with Gasteiger partial charge >= 0.3 is 0 Å². The maximum atomic E-state index is 12.3. The molecule has 0 fully saturated rings. The normalized spacial score (nSPS) is 15.8. The first kappa shape index (κ1) is 17.2. The van der Waals surface area contributed by atoms with Crippen LogP contribution in [0.2, 0.25) is 0 Å². The number of carbonyl (C=O) groups is 1. The van der Waals surface area contributed by atoms with Gasteiger partial charge in [0.15, 0.2) is 0 Å². The smallest absolute Gasteiger partial charge is 0.223 e. The highest BCUT2D eigenvalue weighted by atomic mass is 16.3. The van der Waals surface area contributed by atoms with Crippen molar-refractivity contribution in [3.05, 3.63) is 77.9 Å². The van der Waals surface area contributed by atoms with E-state index in [4.69, 9.17) is 0 Å². The SMILES string of the molecule is CC(O)(CC(=O)NCc1cccc(N2CC=CC2)c1)c1ccccc1. The summed E-state index contributed by atoms with van der Waals surface area (Å²) in [6, 6.07) is 17.5. The van der Waals surface area contributed by atoms with E-state index in [2.05, 4.69) is 34.5 Å². The van der Waals surface area contributed by atoms with E-state index in [1.807, 2.05) is 42.5 Å². The van der Waals surface area contributed by atoms with E-state index in [9.17, 15) is 9.90 Å². The van der Waals surface area contributed by atoms with Crippen LogP contribution < -0.4 is 10.2 Å². The number of aliphatic hydroxyl groups is 1. The lowest BCUT2D eigenvalue weighted by Gasteiger charge is -2.23. The summed E-state index contributed by atoms with van der Waals surface area (Å²) < 4.78 is 0. The molecule has 1 aliphatic heterocycles. The number of anilines is 1. The number of carbonyl (C=O) groups excluding carboxylic acids is 1. The molecule has 2 aromatic rings. The van der Waals surface area contributed by atoms with Crippen LogP contribution in [0.15, 0.2) is 66.7 Å². The summed E-state index contributed by atoms with van der Waals surface area (Å²) in [5.41, 5.74) is 1.79. The summed E-state index contributed by atoms with van der Waals surface area (Å²) in [6.07, 6.45) is 4.34. The van der Waals surface area contributed by atoms with E-state index >= 15 is 0 Å². The molecule has 1 heterocycles. The van der Waals surface area contributed by atoms with E-state index in [0.29, 0.717) is 6.54 Å². The fourth-order valence-electron chi connectivity index (χ4n) is 3.03. The summed E-state index contributed by atoms with van der Waals surface area (Å²) in [5, 5.41) is 13.5. The Bertz CT molecular complexity index is 746. The molecule has 1 amide bonds. The fourth-order valence-corrected chi connectivity index (χ4v) is 3.03. The van der Waals surface area contributed by atoms with E-state index in [1.54, 1.807) is 6.92 Å². The van der Waals surface area contributed by atoms with Gasteiger partial charge in [-0.3, -0.25) is 4.79 Å². The maximum Gasteiger partial charge on any atom is 0.223 e. The van der Waals surface area contributed by atoms with Gasteiger partial charge < -0.3 is 15.3 Å². The van der Waals surface area contributed by atoms with Crippen molar-refractivity contribution in [1.82, 2.24) is 5.32 Å². The lowest BCUT2D eigenvalue weighted by atomic mass is 9.92. The van der Waals surface area contributed by atoms with Crippen LogP contribution in [-0.4, -0.2) is 24.1 Å². The van der Waals surface area contributed by atoms with Crippen LogP contribution in [0.5, 0.6) is 0 Å². The number of amides is 1. The van der Waals surface area contributed by atoms with Crippen LogP contribution in [0.1, 0.15) is 24.5 Å². The average Bonchev–Trinajstić information content (AvgIpc) is 3.15. The van der Waals surface area contributed by atoms with Gasteiger partial charge in [0.25, 0.3) is 0 Å². The first-order valence-electron chi connectivity index (χ1n) is 8.58. The molecule has 4 nitrogen and oxygen atoms in total. The highest BCUT2D eigenvalue weighted by Crippen LogP contribution is 2.24. The molecule has 25 heavy (non-hydrogen) atoms. The molecule has 1 unspecified atom stereocenters. The van der Waals surface area contributed by atoms with Gasteiger partial charge in [0.1, 0.15) is 0 Å². The van der Waals surface area contributed by atoms with Crippen LogP contribution in [0, 0.1) is 0 Å². The minimum absolute atomic E-state index is 0.0345. The predicted molar refractivity (Wildman–Crippen MR) is 100 cm³/mol. The molecule has 0 saturated heterocycles. The van der Waals surface area contributed by atoms with Crippen molar-refractivity contribution in [2.45, 2.75) is 25.5 Å². The molecule has 2 aromatic carbocycles. The first-order valence-corrected chi connectivity index (χ1v) is 8.58. The molecule has 1 atom stereocenters. The van der Waals surface area contributed by atoms with Gasteiger partial charge in [-0.15, -0.1) is 0 Å². The van der Waals surface area contributed by atoms with Crippen molar-refractivity contribution < 1.29 is 9.90 Å². The van der Waals surface area contributed by atoms with E-state index in [-0.39, 0.29) is 12.3 Å². The van der Waals surface area contributed by atoms with Crippen molar-refractivity contribution in [1.29, 1.82) is 0 Å². The Labute approximate surface area is 148 Å². The summed E-state index contributed by atoms with van der Waals surface area (Å²) >= 11 is 0. The minimum atomic E-state index is -1.17. The predicted octanol–water partition coefficient (Wildman–Crippen LogP) is 2.98. The van der Waals surface area contributed by atoms with Crippen molar-refractivity contribution in [2.24, 2.45) is 0 Å². The Hall–Kier alpha value is -2.59. The summed E-state index contributed by atoms with van der Waals surface area (Å²) in [4.78, 5) is 14.5. The number of nitrogens with one attached hydrogen (secondary N) is 1. The van der Waals surface area contributed by atoms with Crippen molar-refractivity contribution in [3.8, 4) is 0 Å². The second kappa shape index (κ2) is 7.53. The lowest BCUT2D eigenvalue weighted by molar-refractivity contribution is -0.126. The molecule has 0 aliphatic carbocycles. The molecule has 3 rings (SSSR count).